The molecular formula is C25H19FN4O2S2. The standard InChI is InChI=1S/C25H19FN4O2S2/c1-14-5-11-17(12-6-14)29-22(32)21-18-3-2-4-20(18)34-23(21)30-24(29)27-28-25(30)33-13-19(31)15-7-9-16(26)10-8-15/h5-12H,2-4,13H2,1H3. The second-order valence-corrected chi connectivity index (χ2v) is 10.4. The van der Waals surface area contributed by atoms with Gasteiger partial charge in [0.15, 0.2) is 10.9 Å². The van der Waals surface area contributed by atoms with Gasteiger partial charge in [0.05, 0.1) is 16.8 Å². The van der Waals surface area contributed by atoms with Crippen LogP contribution in [-0.2, 0) is 12.8 Å². The molecule has 6 nitrogen and oxygen atoms in total. The molecular weight excluding hydrogens is 471 g/mol. The Morgan fingerprint density at radius 2 is 1.85 bits per heavy atom. The van der Waals surface area contributed by atoms with Crippen LogP contribution in [0.3, 0.4) is 0 Å². The van der Waals surface area contributed by atoms with Crippen molar-refractivity contribution in [3.63, 3.8) is 0 Å². The van der Waals surface area contributed by atoms with E-state index in [9.17, 15) is 14.0 Å². The Morgan fingerprint density at radius 1 is 1.09 bits per heavy atom. The van der Waals surface area contributed by atoms with Gasteiger partial charge in [-0.1, -0.05) is 29.5 Å². The molecule has 0 fully saturated rings. The van der Waals surface area contributed by atoms with Crippen molar-refractivity contribution >= 4 is 44.9 Å². The van der Waals surface area contributed by atoms with E-state index < -0.39 is 0 Å². The Kier molecular flexibility index (Phi) is 5.11. The molecule has 0 aliphatic heterocycles. The van der Waals surface area contributed by atoms with Crippen LogP contribution in [0, 0.1) is 12.7 Å². The second-order valence-electron chi connectivity index (χ2n) is 8.35. The van der Waals surface area contributed by atoms with Crippen molar-refractivity contribution in [3.8, 4) is 5.69 Å². The molecule has 5 aromatic rings. The number of aromatic nitrogens is 4. The van der Waals surface area contributed by atoms with Gasteiger partial charge < -0.3 is 0 Å². The molecule has 0 unspecified atom stereocenters. The number of hydrogen-bond donors (Lipinski definition) is 0. The van der Waals surface area contributed by atoms with Gasteiger partial charge in [-0.2, -0.15) is 0 Å². The van der Waals surface area contributed by atoms with E-state index in [1.807, 2.05) is 35.6 Å². The number of thiophene rings is 1. The van der Waals surface area contributed by atoms with Crippen molar-refractivity contribution in [2.24, 2.45) is 0 Å². The predicted molar refractivity (Wildman–Crippen MR) is 132 cm³/mol. The van der Waals surface area contributed by atoms with Gasteiger partial charge in [0, 0.05) is 10.4 Å². The fourth-order valence-corrected chi connectivity index (χ4v) is 6.69. The number of Topliss-reactive ketones (excluding diaryl/α,β-unsaturated/α-hetero) is 1. The van der Waals surface area contributed by atoms with Crippen molar-refractivity contribution in [1.29, 1.82) is 0 Å². The fraction of sp³-hybridized carbons (Fsp3) is 0.200. The highest BCUT2D eigenvalue weighted by molar-refractivity contribution is 7.99. The Bertz CT molecular complexity index is 1630. The van der Waals surface area contributed by atoms with Crippen LogP contribution >= 0.6 is 23.1 Å². The fourth-order valence-electron chi connectivity index (χ4n) is 4.42. The van der Waals surface area contributed by atoms with Gasteiger partial charge in [-0.05, 0) is 68.1 Å². The maximum Gasteiger partial charge on any atom is 0.268 e. The maximum absolute atomic E-state index is 13.7. The first-order valence-electron chi connectivity index (χ1n) is 10.9. The quantitative estimate of drug-likeness (QED) is 0.256. The molecule has 0 N–H and O–H groups in total. The van der Waals surface area contributed by atoms with E-state index in [1.165, 1.54) is 40.9 Å². The number of carbonyl (C=O) groups is 1. The molecule has 2 aromatic carbocycles. The molecule has 3 heterocycles. The Labute approximate surface area is 202 Å². The number of aryl methyl sites for hydroxylation is 3. The zero-order chi connectivity index (χ0) is 23.4. The molecule has 9 heteroatoms. The van der Waals surface area contributed by atoms with E-state index in [2.05, 4.69) is 10.2 Å². The monoisotopic (exact) mass is 490 g/mol. The number of hydrogen-bond acceptors (Lipinski definition) is 6. The van der Waals surface area contributed by atoms with E-state index in [0.29, 0.717) is 16.5 Å². The summed E-state index contributed by atoms with van der Waals surface area (Å²) in [5.41, 5.74) is 3.31. The lowest BCUT2D eigenvalue weighted by Crippen LogP contribution is -2.22. The minimum absolute atomic E-state index is 0.0860. The van der Waals surface area contributed by atoms with Crippen LogP contribution in [0.5, 0.6) is 0 Å². The zero-order valence-corrected chi connectivity index (χ0v) is 19.9. The SMILES string of the molecule is Cc1ccc(-n2c(=O)c3c4c(sc3n3c(SCC(=O)c5ccc(F)cc5)nnc23)CCC4)cc1. The van der Waals surface area contributed by atoms with E-state index in [4.69, 9.17) is 0 Å². The molecule has 6 rings (SSSR count). The Balaban J connectivity index is 1.50. The summed E-state index contributed by atoms with van der Waals surface area (Å²) in [4.78, 5) is 28.5. The first-order chi connectivity index (χ1) is 16.5. The van der Waals surface area contributed by atoms with Gasteiger partial charge in [0.2, 0.25) is 5.78 Å². The molecule has 0 bridgehead atoms. The predicted octanol–water partition coefficient (Wildman–Crippen LogP) is 5.01. The van der Waals surface area contributed by atoms with Crippen molar-refractivity contribution in [2.45, 2.75) is 31.3 Å². The molecule has 0 saturated carbocycles. The van der Waals surface area contributed by atoms with E-state index >= 15 is 0 Å². The van der Waals surface area contributed by atoms with Crippen molar-refractivity contribution < 1.29 is 9.18 Å². The van der Waals surface area contributed by atoms with Crippen LogP contribution < -0.4 is 5.56 Å². The van der Waals surface area contributed by atoms with Crippen LogP contribution in [0.4, 0.5) is 4.39 Å². The Hall–Kier alpha value is -3.30. The van der Waals surface area contributed by atoms with Crippen LogP contribution in [0.1, 0.15) is 32.8 Å². The number of thioether (sulfide) groups is 1. The van der Waals surface area contributed by atoms with Gasteiger partial charge in [-0.3, -0.25) is 9.59 Å². The average Bonchev–Trinajstić information content (AvgIpc) is 3.53. The first kappa shape index (κ1) is 21.2. The molecule has 0 atom stereocenters. The number of nitrogens with zero attached hydrogens (tertiary/aromatic N) is 4. The number of benzene rings is 2. The Morgan fingerprint density at radius 3 is 2.62 bits per heavy atom. The molecule has 34 heavy (non-hydrogen) atoms. The summed E-state index contributed by atoms with van der Waals surface area (Å²) in [6, 6.07) is 13.3. The summed E-state index contributed by atoms with van der Waals surface area (Å²) in [6.07, 6.45) is 2.90. The summed E-state index contributed by atoms with van der Waals surface area (Å²) in [7, 11) is 0. The molecule has 0 radical (unpaired) electrons. The van der Waals surface area contributed by atoms with E-state index in [0.717, 1.165) is 46.3 Å². The molecule has 3 aromatic heterocycles. The highest BCUT2D eigenvalue weighted by Gasteiger charge is 2.26. The molecule has 0 amide bonds. The van der Waals surface area contributed by atoms with Crippen molar-refractivity contribution in [3.05, 3.63) is 86.3 Å². The summed E-state index contributed by atoms with van der Waals surface area (Å²) < 4.78 is 16.7. The highest BCUT2D eigenvalue weighted by atomic mass is 32.2. The first-order valence-corrected chi connectivity index (χ1v) is 12.7. The van der Waals surface area contributed by atoms with Crippen LogP contribution in [-0.4, -0.2) is 30.7 Å². The van der Waals surface area contributed by atoms with Gasteiger partial charge in [0.25, 0.3) is 5.56 Å². The summed E-state index contributed by atoms with van der Waals surface area (Å²) >= 11 is 2.89. The summed E-state index contributed by atoms with van der Waals surface area (Å²) in [5, 5.41) is 10.0. The highest BCUT2D eigenvalue weighted by Crippen LogP contribution is 2.37. The van der Waals surface area contributed by atoms with Crippen molar-refractivity contribution in [2.75, 3.05) is 5.75 Å². The lowest BCUT2D eigenvalue weighted by molar-refractivity contribution is 0.102. The van der Waals surface area contributed by atoms with Crippen molar-refractivity contribution in [1.82, 2.24) is 19.2 Å². The zero-order valence-electron chi connectivity index (χ0n) is 18.2. The number of carbonyl (C=O) groups excluding carboxylic acids is 1. The van der Waals surface area contributed by atoms with Crippen LogP contribution in [0.25, 0.3) is 21.7 Å². The smallest absolute Gasteiger partial charge is 0.268 e. The third-order valence-electron chi connectivity index (χ3n) is 6.13. The number of ketones is 1. The molecule has 170 valence electrons. The largest absolute Gasteiger partial charge is 0.293 e. The summed E-state index contributed by atoms with van der Waals surface area (Å²) in [5.74, 6) is 0.0502. The van der Waals surface area contributed by atoms with Gasteiger partial charge in [-0.25, -0.2) is 13.4 Å². The third-order valence-corrected chi connectivity index (χ3v) is 8.34. The normalized spacial score (nSPS) is 13.1. The van der Waals surface area contributed by atoms with Gasteiger partial charge in [-0.15, -0.1) is 21.5 Å². The number of rotatable bonds is 5. The molecule has 1 aliphatic carbocycles. The minimum Gasteiger partial charge on any atom is -0.293 e. The number of fused-ring (bicyclic) bond motifs is 5. The maximum atomic E-state index is 13.7. The molecule has 0 saturated heterocycles. The van der Waals surface area contributed by atoms with Crippen LogP contribution in [0.2, 0.25) is 0 Å². The topological polar surface area (TPSA) is 69.3 Å². The van der Waals surface area contributed by atoms with Gasteiger partial charge in [0.1, 0.15) is 10.6 Å². The molecule has 0 spiro atoms. The lowest BCUT2D eigenvalue weighted by atomic mass is 10.1. The van der Waals surface area contributed by atoms with E-state index in [-0.39, 0.29) is 22.9 Å². The lowest BCUT2D eigenvalue weighted by Gasteiger charge is -2.10. The van der Waals surface area contributed by atoms with Gasteiger partial charge >= 0.3 is 0 Å². The van der Waals surface area contributed by atoms with E-state index in [1.54, 1.807) is 15.9 Å². The number of halogens is 1. The average molecular weight is 491 g/mol. The molecule has 1 aliphatic rings. The van der Waals surface area contributed by atoms with Crippen LogP contribution in [0.15, 0.2) is 58.5 Å². The third kappa shape index (κ3) is 3.38. The summed E-state index contributed by atoms with van der Waals surface area (Å²) in [6.45, 7) is 2.00. The minimum atomic E-state index is -0.380. The second kappa shape index (κ2) is 8.18.